The Hall–Kier alpha value is -2.35. The van der Waals surface area contributed by atoms with E-state index in [9.17, 15) is 14.7 Å². The molecule has 4 bridgehead atoms. The lowest BCUT2D eigenvalue weighted by molar-refractivity contribution is -0.136. The first-order chi connectivity index (χ1) is 15.0. The number of alkyl carbamates (subject to hydrolysis) is 1. The Morgan fingerprint density at radius 1 is 1.28 bits per heavy atom. The van der Waals surface area contributed by atoms with E-state index in [1.54, 1.807) is 17.1 Å². The maximum atomic E-state index is 13.3. The molecular weight excluding hydrogens is 408 g/mol. The molecule has 176 valence electrons. The summed E-state index contributed by atoms with van der Waals surface area (Å²) in [6.45, 7) is 7.78. The maximum absolute atomic E-state index is 13.3. The predicted octanol–water partition coefficient (Wildman–Crippen LogP) is 3.28. The average Bonchev–Trinajstić information content (AvgIpc) is 3.12. The summed E-state index contributed by atoms with van der Waals surface area (Å²) in [6.07, 6.45) is 9.44. The number of nitrogens with one attached hydrogen (secondary N) is 2. The van der Waals surface area contributed by atoms with E-state index in [0.29, 0.717) is 23.3 Å². The molecule has 0 radical (unpaired) electrons. The van der Waals surface area contributed by atoms with Gasteiger partial charge in [-0.1, -0.05) is 13.8 Å². The molecule has 8 heteroatoms. The quantitative estimate of drug-likeness (QED) is 0.624. The number of aliphatic hydroxyl groups is 1. The van der Waals surface area contributed by atoms with Crippen molar-refractivity contribution in [2.45, 2.75) is 82.9 Å². The van der Waals surface area contributed by atoms with Gasteiger partial charge in [-0.3, -0.25) is 4.79 Å². The molecule has 8 nitrogen and oxygen atoms in total. The third-order valence-electron chi connectivity index (χ3n) is 7.41. The summed E-state index contributed by atoms with van der Waals surface area (Å²) < 4.78 is 6.39. The van der Waals surface area contributed by atoms with Gasteiger partial charge in [-0.15, -0.1) is 0 Å². The normalized spacial score (nSPS) is 31.3. The van der Waals surface area contributed by atoms with Crippen LogP contribution in [0.2, 0.25) is 0 Å². The Kier molecular flexibility index (Phi) is 5.86. The minimum atomic E-state index is -0.643. The zero-order chi connectivity index (χ0) is 23.3. The lowest BCUT2D eigenvalue weighted by Crippen LogP contribution is -2.61. The zero-order valence-corrected chi connectivity index (χ0v) is 19.7. The van der Waals surface area contributed by atoms with Gasteiger partial charge >= 0.3 is 6.09 Å². The molecule has 1 aromatic heterocycles. The second-order valence-electron chi connectivity index (χ2n) is 10.9. The standard InChI is InChI=1S/C24H36N4O4/c1-14(2)20-18(13-25-28(20)7-6-23(3,4)27-22(30)32-5)21(29)26-19-16-8-15-9-17(19)12-24(31,10-15)11-16/h6-7,13-17,19,31H,8-12H2,1-5H3,(H,26,29)(H,27,30)/b7-6+/t15?,16?,17?,19-,24-. The monoisotopic (exact) mass is 444 g/mol. The van der Waals surface area contributed by atoms with Crippen molar-refractivity contribution in [2.75, 3.05) is 7.11 Å². The van der Waals surface area contributed by atoms with Crippen molar-refractivity contribution < 1.29 is 19.4 Å². The van der Waals surface area contributed by atoms with Gasteiger partial charge < -0.3 is 20.5 Å². The van der Waals surface area contributed by atoms with E-state index < -0.39 is 17.2 Å². The van der Waals surface area contributed by atoms with Gasteiger partial charge in [0, 0.05) is 12.2 Å². The summed E-state index contributed by atoms with van der Waals surface area (Å²) in [4.78, 5) is 24.9. The molecule has 4 fully saturated rings. The summed E-state index contributed by atoms with van der Waals surface area (Å²) in [5.74, 6) is 1.31. The summed E-state index contributed by atoms with van der Waals surface area (Å²) in [5.41, 5.74) is 0.253. The Balaban J connectivity index is 1.51. The van der Waals surface area contributed by atoms with Crippen LogP contribution in [-0.2, 0) is 4.74 Å². The molecule has 2 amide bonds. The van der Waals surface area contributed by atoms with Crippen LogP contribution in [0.3, 0.4) is 0 Å². The number of hydrogen-bond acceptors (Lipinski definition) is 5. The summed E-state index contributed by atoms with van der Waals surface area (Å²) in [6, 6.07) is 0.126. The fourth-order valence-corrected chi connectivity index (χ4v) is 6.30. The van der Waals surface area contributed by atoms with E-state index in [4.69, 9.17) is 0 Å². The number of nitrogens with zero attached hydrogens (tertiary/aromatic N) is 2. The van der Waals surface area contributed by atoms with E-state index in [2.05, 4.69) is 20.5 Å². The largest absolute Gasteiger partial charge is 0.453 e. The average molecular weight is 445 g/mol. The molecule has 3 N–H and O–H groups in total. The van der Waals surface area contributed by atoms with Crippen molar-refractivity contribution >= 4 is 18.2 Å². The molecule has 0 saturated heterocycles. The number of hydrogen-bond donors (Lipinski definition) is 3. The van der Waals surface area contributed by atoms with Gasteiger partial charge in [0.05, 0.1) is 35.7 Å². The van der Waals surface area contributed by atoms with Gasteiger partial charge in [0.2, 0.25) is 0 Å². The molecule has 5 rings (SSSR count). The summed E-state index contributed by atoms with van der Waals surface area (Å²) in [5, 5.41) is 21.3. The molecule has 1 heterocycles. The summed E-state index contributed by atoms with van der Waals surface area (Å²) >= 11 is 0. The molecule has 2 unspecified atom stereocenters. The van der Waals surface area contributed by atoms with Gasteiger partial charge in [-0.2, -0.15) is 5.10 Å². The fraction of sp³-hybridized carbons (Fsp3) is 0.708. The van der Waals surface area contributed by atoms with Crippen LogP contribution in [-0.4, -0.2) is 51.2 Å². The van der Waals surface area contributed by atoms with Gasteiger partial charge in [-0.05, 0) is 75.7 Å². The zero-order valence-electron chi connectivity index (χ0n) is 19.7. The highest BCUT2D eigenvalue weighted by molar-refractivity contribution is 5.95. The molecule has 0 aliphatic heterocycles. The van der Waals surface area contributed by atoms with Crippen LogP contribution in [0.1, 0.15) is 81.8 Å². The molecule has 0 spiro atoms. The number of rotatable bonds is 6. The van der Waals surface area contributed by atoms with Crippen molar-refractivity contribution in [3.63, 3.8) is 0 Å². The van der Waals surface area contributed by atoms with Crippen molar-refractivity contribution in [2.24, 2.45) is 17.8 Å². The molecule has 32 heavy (non-hydrogen) atoms. The van der Waals surface area contributed by atoms with E-state index in [1.807, 2.05) is 33.8 Å². The molecular formula is C24H36N4O4. The van der Waals surface area contributed by atoms with Crippen molar-refractivity contribution in [3.05, 3.63) is 23.5 Å². The highest BCUT2D eigenvalue weighted by Gasteiger charge is 2.55. The molecule has 0 aromatic carbocycles. The van der Waals surface area contributed by atoms with E-state index in [-0.39, 0.29) is 17.9 Å². The molecule has 4 aliphatic carbocycles. The maximum Gasteiger partial charge on any atom is 0.407 e. The van der Waals surface area contributed by atoms with E-state index in [1.165, 1.54) is 7.11 Å². The van der Waals surface area contributed by atoms with Crippen molar-refractivity contribution in [1.82, 2.24) is 20.4 Å². The number of carbonyl (C=O) groups is 2. The molecule has 4 saturated carbocycles. The van der Waals surface area contributed by atoms with Crippen LogP contribution in [0, 0.1) is 17.8 Å². The van der Waals surface area contributed by atoms with Crippen LogP contribution in [0.4, 0.5) is 4.79 Å². The second kappa shape index (κ2) is 8.21. The topological polar surface area (TPSA) is 105 Å². The minimum absolute atomic E-state index is 0.0822. The lowest BCUT2D eigenvalue weighted by Gasteiger charge is -2.58. The highest BCUT2D eigenvalue weighted by Crippen LogP contribution is 2.55. The minimum Gasteiger partial charge on any atom is -0.453 e. The van der Waals surface area contributed by atoms with Crippen LogP contribution < -0.4 is 10.6 Å². The molecule has 4 aliphatic rings. The van der Waals surface area contributed by atoms with Crippen LogP contribution in [0.25, 0.3) is 6.20 Å². The summed E-state index contributed by atoms with van der Waals surface area (Å²) in [7, 11) is 1.33. The Morgan fingerprint density at radius 2 is 1.94 bits per heavy atom. The Morgan fingerprint density at radius 3 is 2.50 bits per heavy atom. The molecule has 2 atom stereocenters. The predicted molar refractivity (Wildman–Crippen MR) is 121 cm³/mol. The first kappa shape index (κ1) is 22.8. The van der Waals surface area contributed by atoms with E-state index >= 15 is 0 Å². The number of carbonyl (C=O) groups excluding carboxylic acids is 2. The Bertz CT molecular complexity index is 903. The smallest absolute Gasteiger partial charge is 0.407 e. The van der Waals surface area contributed by atoms with Gasteiger partial charge in [0.15, 0.2) is 0 Å². The van der Waals surface area contributed by atoms with Gasteiger partial charge in [0.25, 0.3) is 5.91 Å². The van der Waals surface area contributed by atoms with E-state index in [0.717, 1.165) is 37.8 Å². The SMILES string of the molecule is COC(=O)NC(C)(C)/C=C/n1ncc(C(=O)N[C@H]2C3CC4CC2C[C@](O)(C4)C3)c1C(C)C. The van der Waals surface area contributed by atoms with Gasteiger partial charge in [0.1, 0.15) is 0 Å². The number of methoxy groups -OCH3 is 1. The fourth-order valence-electron chi connectivity index (χ4n) is 6.30. The first-order valence-electron chi connectivity index (χ1n) is 11.7. The second-order valence-corrected chi connectivity index (χ2v) is 10.9. The number of ether oxygens (including phenoxy) is 1. The van der Waals surface area contributed by atoms with Crippen molar-refractivity contribution in [3.8, 4) is 0 Å². The molecule has 1 aromatic rings. The highest BCUT2D eigenvalue weighted by atomic mass is 16.5. The lowest BCUT2D eigenvalue weighted by atomic mass is 9.52. The van der Waals surface area contributed by atoms with Gasteiger partial charge in [-0.25, -0.2) is 9.48 Å². The number of amides is 2. The third kappa shape index (κ3) is 4.42. The third-order valence-corrected chi connectivity index (χ3v) is 7.41. The van der Waals surface area contributed by atoms with Crippen molar-refractivity contribution in [1.29, 1.82) is 0 Å². The van der Waals surface area contributed by atoms with Crippen LogP contribution >= 0.6 is 0 Å². The Labute approximate surface area is 189 Å². The van der Waals surface area contributed by atoms with Crippen LogP contribution in [0.15, 0.2) is 12.3 Å². The number of aromatic nitrogens is 2. The van der Waals surface area contributed by atoms with Crippen LogP contribution in [0.5, 0.6) is 0 Å². The first-order valence-corrected chi connectivity index (χ1v) is 11.7.